The zero-order valence-corrected chi connectivity index (χ0v) is 12.3. The molecule has 0 amide bonds. The molecule has 8 heteroatoms. The molecule has 2 atom stereocenters. The Morgan fingerprint density at radius 3 is 2.57 bits per heavy atom. The number of piperidine rings is 1. The lowest BCUT2D eigenvalue weighted by atomic mass is 10.0. The molecule has 0 spiro atoms. The molecular formula is C13H17F3N2O2S. The average molecular weight is 322 g/mol. The standard InChI is InChI=1S/C13H17F3N2O2S/c1-9-7-11(17)5-6-18(9)21(19,20)12-4-2-3-10(8-12)13(14,15)16/h2-4,8-9,11H,5-7,17H2,1H3. The van der Waals surface area contributed by atoms with Crippen molar-refractivity contribution < 1.29 is 21.6 Å². The van der Waals surface area contributed by atoms with Crippen molar-refractivity contribution in [2.24, 2.45) is 5.73 Å². The van der Waals surface area contributed by atoms with Gasteiger partial charge >= 0.3 is 6.18 Å². The van der Waals surface area contributed by atoms with Gasteiger partial charge < -0.3 is 5.73 Å². The maximum atomic E-state index is 12.7. The third kappa shape index (κ3) is 3.38. The number of nitrogens with zero attached hydrogens (tertiary/aromatic N) is 1. The molecule has 0 aromatic heterocycles. The first-order valence-corrected chi connectivity index (χ1v) is 8.01. The van der Waals surface area contributed by atoms with Gasteiger partial charge in [0.25, 0.3) is 0 Å². The summed E-state index contributed by atoms with van der Waals surface area (Å²) < 4.78 is 64.3. The summed E-state index contributed by atoms with van der Waals surface area (Å²) in [6, 6.07) is 3.42. The summed E-state index contributed by atoms with van der Waals surface area (Å²) in [5.74, 6) is 0. The molecule has 0 radical (unpaired) electrons. The van der Waals surface area contributed by atoms with Crippen molar-refractivity contribution in [2.75, 3.05) is 6.54 Å². The third-order valence-electron chi connectivity index (χ3n) is 3.62. The van der Waals surface area contributed by atoms with Crippen LogP contribution in [-0.2, 0) is 16.2 Å². The molecule has 1 fully saturated rings. The molecular weight excluding hydrogens is 305 g/mol. The number of sulfonamides is 1. The van der Waals surface area contributed by atoms with Gasteiger partial charge in [-0.3, -0.25) is 0 Å². The molecule has 0 bridgehead atoms. The first-order valence-electron chi connectivity index (χ1n) is 6.57. The SMILES string of the molecule is CC1CC(N)CCN1S(=O)(=O)c1cccc(C(F)(F)F)c1. The van der Waals surface area contributed by atoms with E-state index in [1.54, 1.807) is 6.92 Å². The Kier molecular flexibility index (Phi) is 4.32. The first kappa shape index (κ1) is 16.3. The van der Waals surface area contributed by atoms with Crippen LogP contribution in [0.1, 0.15) is 25.3 Å². The van der Waals surface area contributed by atoms with E-state index in [0.717, 1.165) is 12.1 Å². The second-order valence-electron chi connectivity index (χ2n) is 5.27. The van der Waals surface area contributed by atoms with Crippen molar-refractivity contribution in [1.82, 2.24) is 4.31 Å². The number of rotatable bonds is 2. The van der Waals surface area contributed by atoms with E-state index < -0.39 is 21.8 Å². The maximum absolute atomic E-state index is 12.7. The molecule has 1 aliphatic heterocycles. The van der Waals surface area contributed by atoms with Crippen LogP contribution in [0.2, 0.25) is 0 Å². The molecule has 1 heterocycles. The normalized spacial score (nSPS) is 25.0. The Morgan fingerprint density at radius 2 is 2.00 bits per heavy atom. The van der Waals surface area contributed by atoms with Gasteiger partial charge in [-0.05, 0) is 38.0 Å². The number of hydrogen-bond acceptors (Lipinski definition) is 3. The van der Waals surface area contributed by atoms with Gasteiger partial charge in [0, 0.05) is 18.6 Å². The number of halogens is 3. The number of benzene rings is 1. The van der Waals surface area contributed by atoms with Crippen LogP contribution >= 0.6 is 0 Å². The largest absolute Gasteiger partial charge is 0.416 e. The van der Waals surface area contributed by atoms with E-state index in [1.165, 1.54) is 10.4 Å². The van der Waals surface area contributed by atoms with Gasteiger partial charge in [0.15, 0.2) is 0 Å². The highest BCUT2D eigenvalue weighted by Gasteiger charge is 2.36. The summed E-state index contributed by atoms with van der Waals surface area (Å²) in [7, 11) is -3.94. The highest BCUT2D eigenvalue weighted by atomic mass is 32.2. The van der Waals surface area contributed by atoms with Crippen LogP contribution in [0.3, 0.4) is 0 Å². The minimum Gasteiger partial charge on any atom is -0.328 e. The van der Waals surface area contributed by atoms with Gasteiger partial charge in [0.2, 0.25) is 10.0 Å². The fourth-order valence-electron chi connectivity index (χ4n) is 2.51. The number of nitrogens with two attached hydrogens (primary N) is 1. The molecule has 1 aliphatic rings. The van der Waals surface area contributed by atoms with Gasteiger partial charge in [0.1, 0.15) is 0 Å². The minimum atomic E-state index is -4.57. The third-order valence-corrected chi connectivity index (χ3v) is 5.63. The van der Waals surface area contributed by atoms with Gasteiger partial charge in [-0.2, -0.15) is 17.5 Å². The monoisotopic (exact) mass is 322 g/mol. The maximum Gasteiger partial charge on any atom is 0.416 e. The molecule has 0 saturated carbocycles. The highest BCUT2D eigenvalue weighted by molar-refractivity contribution is 7.89. The van der Waals surface area contributed by atoms with Crippen molar-refractivity contribution in [3.8, 4) is 0 Å². The van der Waals surface area contributed by atoms with Crippen LogP contribution in [-0.4, -0.2) is 31.4 Å². The molecule has 1 aromatic carbocycles. The second-order valence-corrected chi connectivity index (χ2v) is 7.17. The summed E-state index contributed by atoms with van der Waals surface area (Å²) >= 11 is 0. The van der Waals surface area contributed by atoms with Crippen molar-refractivity contribution in [3.05, 3.63) is 29.8 Å². The van der Waals surface area contributed by atoms with Gasteiger partial charge in [-0.15, -0.1) is 0 Å². The predicted molar refractivity (Wildman–Crippen MR) is 72.0 cm³/mol. The van der Waals surface area contributed by atoms with Crippen molar-refractivity contribution >= 4 is 10.0 Å². The molecule has 118 valence electrons. The van der Waals surface area contributed by atoms with Crippen molar-refractivity contribution in [1.29, 1.82) is 0 Å². The van der Waals surface area contributed by atoms with E-state index >= 15 is 0 Å². The Balaban J connectivity index is 2.36. The average Bonchev–Trinajstić information content (AvgIpc) is 2.37. The van der Waals surface area contributed by atoms with Crippen LogP contribution < -0.4 is 5.73 Å². The first-order chi connectivity index (χ1) is 9.62. The van der Waals surface area contributed by atoms with E-state index in [0.29, 0.717) is 18.9 Å². The van der Waals surface area contributed by atoms with Crippen LogP contribution in [0, 0.1) is 0 Å². The van der Waals surface area contributed by atoms with E-state index in [9.17, 15) is 21.6 Å². The van der Waals surface area contributed by atoms with Crippen LogP contribution in [0.25, 0.3) is 0 Å². The molecule has 0 aliphatic carbocycles. The molecule has 1 aromatic rings. The highest BCUT2D eigenvalue weighted by Crippen LogP contribution is 2.32. The lowest BCUT2D eigenvalue weighted by molar-refractivity contribution is -0.137. The van der Waals surface area contributed by atoms with Gasteiger partial charge in [0.05, 0.1) is 10.5 Å². The lowest BCUT2D eigenvalue weighted by Crippen LogP contribution is -2.48. The fraction of sp³-hybridized carbons (Fsp3) is 0.538. The Morgan fingerprint density at radius 1 is 1.33 bits per heavy atom. The molecule has 1 saturated heterocycles. The summed E-state index contributed by atoms with van der Waals surface area (Å²) in [5, 5.41) is 0. The smallest absolute Gasteiger partial charge is 0.328 e. The van der Waals surface area contributed by atoms with Crippen LogP contribution in [0.4, 0.5) is 13.2 Å². The van der Waals surface area contributed by atoms with Crippen LogP contribution in [0.15, 0.2) is 29.2 Å². The quantitative estimate of drug-likeness (QED) is 0.908. The van der Waals surface area contributed by atoms with Crippen LogP contribution in [0.5, 0.6) is 0 Å². The van der Waals surface area contributed by atoms with Crippen molar-refractivity contribution in [3.63, 3.8) is 0 Å². The molecule has 4 nitrogen and oxygen atoms in total. The molecule has 2 unspecified atom stereocenters. The lowest BCUT2D eigenvalue weighted by Gasteiger charge is -2.35. The summed E-state index contributed by atoms with van der Waals surface area (Å²) in [6.45, 7) is 1.94. The fourth-order valence-corrected chi connectivity index (χ4v) is 4.22. The molecule has 21 heavy (non-hydrogen) atoms. The zero-order valence-electron chi connectivity index (χ0n) is 11.5. The summed E-state index contributed by atoms with van der Waals surface area (Å²) in [5.41, 5.74) is 4.81. The Hall–Kier alpha value is -1.12. The van der Waals surface area contributed by atoms with E-state index in [-0.39, 0.29) is 23.5 Å². The minimum absolute atomic E-state index is 0.0760. The van der Waals surface area contributed by atoms with Gasteiger partial charge in [-0.1, -0.05) is 6.07 Å². The summed E-state index contributed by atoms with van der Waals surface area (Å²) in [4.78, 5) is -0.334. The Bertz CT molecular complexity index is 616. The van der Waals surface area contributed by atoms with E-state index in [4.69, 9.17) is 5.73 Å². The molecule has 2 N–H and O–H groups in total. The number of alkyl halides is 3. The van der Waals surface area contributed by atoms with E-state index in [2.05, 4.69) is 0 Å². The predicted octanol–water partition coefficient (Wildman–Crippen LogP) is 2.21. The van der Waals surface area contributed by atoms with Gasteiger partial charge in [-0.25, -0.2) is 8.42 Å². The zero-order chi connectivity index (χ0) is 15.8. The topological polar surface area (TPSA) is 63.4 Å². The molecule has 2 rings (SSSR count). The van der Waals surface area contributed by atoms with E-state index in [1.807, 2.05) is 0 Å². The Labute approximate surface area is 121 Å². The summed E-state index contributed by atoms with van der Waals surface area (Å²) in [6.07, 6.45) is -3.57. The second kappa shape index (κ2) is 5.58. The van der Waals surface area contributed by atoms with Crippen molar-refractivity contribution in [2.45, 2.75) is 42.9 Å². The number of hydrogen-bond donors (Lipinski definition) is 1.